The summed E-state index contributed by atoms with van der Waals surface area (Å²) in [6, 6.07) is 1.53. The van der Waals surface area contributed by atoms with E-state index in [9.17, 15) is 18.8 Å². The molecule has 0 aromatic heterocycles. The number of hydrogen-bond donors (Lipinski definition) is 0. The summed E-state index contributed by atoms with van der Waals surface area (Å²) in [4.78, 5) is 38.0. The molecule has 0 atom stereocenters. The molecule has 0 saturated heterocycles. The Labute approximate surface area is 155 Å². The average Bonchev–Trinajstić information content (AvgIpc) is 3.41. The second-order valence-corrected chi connectivity index (χ2v) is 6.63. The largest absolute Gasteiger partial charge is 0.463 e. The highest BCUT2D eigenvalue weighted by Gasteiger charge is 2.24. The SMILES string of the molecule is CN(C)C(=O)N(C)c1cc(C(=O)OCC(=O)OCC2CC2)c(Cl)cc1F. The van der Waals surface area contributed by atoms with E-state index in [-0.39, 0.29) is 16.3 Å². The standard InChI is InChI=1S/C17H20ClFN2O5/c1-20(2)17(24)21(3)14-6-11(12(18)7-13(14)19)16(23)26-9-15(22)25-8-10-4-5-10/h6-7,10H,4-5,8-9H2,1-3H3. The first-order valence-electron chi connectivity index (χ1n) is 7.97. The van der Waals surface area contributed by atoms with Gasteiger partial charge < -0.3 is 14.4 Å². The van der Waals surface area contributed by atoms with Crippen LogP contribution in [0.15, 0.2) is 12.1 Å². The van der Waals surface area contributed by atoms with Crippen molar-refractivity contribution in [3.63, 3.8) is 0 Å². The lowest BCUT2D eigenvalue weighted by molar-refractivity contribution is -0.147. The number of amides is 2. The molecule has 0 heterocycles. The van der Waals surface area contributed by atoms with Gasteiger partial charge in [-0.15, -0.1) is 0 Å². The molecule has 0 bridgehead atoms. The topological polar surface area (TPSA) is 76.2 Å². The minimum atomic E-state index is -0.912. The van der Waals surface area contributed by atoms with Gasteiger partial charge >= 0.3 is 18.0 Å². The Bertz CT molecular complexity index is 721. The lowest BCUT2D eigenvalue weighted by atomic mass is 10.2. The molecule has 0 N–H and O–H groups in total. The predicted octanol–water partition coefficient (Wildman–Crippen LogP) is 2.71. The first-order valence-corrected chi connectivity index (χ1v) is 8.35. The van der Waals surface area contributed by atoms with Crippen LogP contribution < -0.4 is 4.90 Å². The molecule has 1 saturated carbocycles. The minimum Gasteiger partial charge on any atom is -0.463 e. The Morgan fingerprint density at radius 2 is 1.85 bits per heavy atom. The van der Waals surface area contributed by atoms with Gasteiger partial charge in [0, 0.05) is 21.1 Å². The van der Waals surface area contributed by atoms with E-state index in [0.717, 1.165) is 29.9 Å². The number of ether oxygens (including phenoxy) is 2. The summed E-state index contributed by atoms with van der Waals surface area (Å²) in [5, 5.41) is -0.187. The number of hydrogen-bond acceptors (Lipinski definition) is 5. The van der Waals surface area contributed by atoms with Crippen LogP contribution in [-0.4, -0.2) is 57.2 Å². The van der Waals surface area contributed by atoms with Crippen molar-refractivity contribution in [2.24, 2.45) is 5.92 Å². The number of nitrogens with zero attached hydrogens (tertiary/aromatic N) is 2. The highest BCUT2D eigenvalue weighted by atomic mass is 35.5. The van der Waals surface area contributed by atoms with Crippen molar-refractivity contribution in [1.82, 2.24) is 4.90 Å². The van der Waals surface area contributed by atoms with Crippen molar-refractivity contribution in [2.45, 2.75) is 12.8 Å². The second-order valence-electron chi connectivity index (χ2n) is 6.22. The lowest BCUT2D eigenvalue weighted by Crippen LogP contribution is -2.37. The minimum absolute atomic E-state index is 0.142. The van der Waals surface area contributed by atoms with E-state index < -0.39 is 30.4 Å². The zero-order valence-corrected chi connectivity index (χ0v) is 15.5. The van der Waals surface area contributed by atoms with Crippen molar-refractivity contribution in [3.8, 4) is 0 Å². The Hall–Kier alpha value is -2.35. The summed E-state index contributed by atoms with van der Waals surface area (Å²) < 4.78 is 24.0. The number of benzene rings is 1. The molecule has 1 aliphatic rings. The number of anilines is 1. The van der Waals surface area contributed by atoms with Crippen LogP contribution in [0, 0.1) is 11.7 Å². The summed E-state index contributed by atoms with van der Waals surface area (Å²) in [5.74, 6) is -1.95. The number of halogens is 2. The maximum absolute atomic E-state index is 14.1. The molecule has 0 spiro atoms. The highest BCUT2D eigenvalue weighted by Crippen LogP contribution is 2.29. The lowest BCUT2D eigenvalue weighted by Gasteiger charge is -2.23. The molecule has 142 valence electrons. The van der Waals surface area contributed by atoms with Gasteiger partial charge in [-0.3, -0.25) is 4.90 Å². The van der Waals surface area contributed by atoms with Gasteiger partial charge in [0.2, 0.25) is 0 Å². The molecular weight excluding hydrogens is 367 g/mol. The Balaban J connectivity index is 2.07. The molecule has 0 radical (unpaired) electrons. The van der Waals surface area contributed by atoms with E-state index in [1.165, 1.54) is 26.0 Å². The molecule has 26 heavy (non-hydrogen) atoms. The summed E-state index contributed by atoms with van der Waals surface area (Å²) >= 11 is 5.90. The molecule has 1 aromatic carbocycles. The first-order chi connectivity index (χ1) is 12.2. The molecule has 1 aliphatic carbocycles. The van der Waals surface area contributed by atoms with Crippen molar-refractivity contribution in [1.29, 1.82) is 0 Å². The fraction of sp³-hybridized carbons (Fsp3) is 0.471. The molecule has 7 nitrogen and oxygen atoms in total. The van der Waals surface area contributed by atoms with Gasteiger partial charge in [-0.05, 0) is 30.9 Å². The van der Waals surface area contributed by atoms with E-state index >= 15 is 0 Å². The van der Waals surface area contributed by atoms with Gasteiger partial charge in [0.1, 0.15) is 5.82 Å². The number of carbonyl (C=O) groups excluding carboxylic acids is 3. The van der Waals surface area contributed by atoms with Crippen LogP contribution >= 0.6 is 11.6 Å². The quantitative estimate of drug-likeness (QED) is 0.702. The third kappa shape index (κ3) is 5.08. The number of carbonyl (C=O) groups is 3. The van der Waals surface area contributed by atoms with Gasteiger partial charge in [-0.1, -0.05) is 11.6 Å². The van der Waals surface area contributed by atoms with Crippen LogP contribution in [-0.2, 0) is 14.3 Å². The molecule has 1 aromatic rings. The van der Waals surface area contributed by atoms with E-state index in [4.69, 9.17) is 21.1 Å². The third-order valence-electron chi connectivity index (χ3n) is 3.79. The molecule has 0 aliphatic heterocycles. The Morgan fingerprint density at radius 3 is 2.42 bits per heavy atom. The monoisotopic (exact) mass is 386 g/mol. The molecule has 1 fully saturated rings. The van der Waals surface area contributed by atoms with Gasteiger partial charge in [0.25, 0.3) is 0 Å². The zero-order valence-electron chi connectivity index (χ0n) is 14.8. The number of rotatable bonds is 6. The van der Waals surface area contributed by atoms with Crippen LogP contribution in [0.1, 0.15) is 23.2 Å². The van der Waals surface area contributed by atoms with Crippen LogP contribution in [0.2, 0.25) is 5.02 Å². The average molecular weight is 387 g/mol. The fourth-order valence-electron chi connectivity index (χ4n) is 2.09. The van der Waals surface area contributed by atoms with Crippen LogP contribution in [0.3, 0.4) is 0 Å². The van der Waals surface area contributed by atoms with Crippen LogP contribution in [0.5, 0.6) is 0 Å². The van der Waals surface area contributed by atoms with Crippen molar-refractivity contribution < 1.29 is 28.2 Å². The van der Waals surface area contributed by atoms with Gasteiger partial charge in [0.05, 0.1) is 22.9 Å². The Morgan fingerprint density at radius 1 is 1.19 bits per heavy atom. The summed E-state index contributed by atoms with van der Waals surface area (Å²) in [7, 11) is 4.38. The number of urea groups is 1. The van der Waals surface area contributed by atoms with E-state index in [2.05, 4.69) is 0 Å². The van der Waals surface area contributed by atoms with Crippen molar-refractivity contribution >= 4 is 35.3 Å². The summed E-state index contributed by atoms with van der Waals surface area (Å²) in [6.45, 7) is -0.254. The van der Waals surface area contributed by atoms with Gasteiger partial charge in [-0.25, -0.2) is 18.8 Å². The van der Waals surface area contributed by atoms with Gasteiger partial charge in [0.15, 0.2) is 6.61 Å². The predicted molar refractivity (Wildman–Crippen MR) is 92.9 cm³/mol. The smallest absolute Gasteiger partial charge is 0.344 e. The van der Waals surface area contributed by atoms with E-state index in [1.807, 2.05) is 0 Å². The summed E-state index contributed by atoms with van der Waals surface area (Å²) in [6.07, 6.45) is 2.06. The van der Waals surface area contributed by atoms with E-state index in [0.29, 0.717) is 12.5 Å². The maximum atomic E-state index is 14.1. The molecule has 0 unspecified atom stereocenters. The highest BCUT2D eigenvalue weighted by molar-refractivity contribution is 6.33. The molecule has 2 amide bonds. The first kappa shape index (κ1) is 20.0. The number of esters is 2. The normalized spacial score (nSPS) is 13.1. The van der Waals surface area contributed by atoms with Crippen molar-refractivity contribution in [3.05, 3.63) is 28.5 Å². The summed E-state index contributed by atoms with van der Waals surface area (Å²) in [5.41, 5.74) is -0.298. The van der Waals surface area contributed by atoms with Crippen LogP contribution in [0.25, 0.3) is 0 Å². The fourth-order valence-corrected chi connectivity index (χ4v) is 2.32. The van der Waals surface area contributed by atoms with Gasteiger partial charge in [-0.2, -0.15) is 0 Å². The molecule has 9 heteroatoms. The molecular formula is C17H20ClFN2O5. The second kappa shape index (κ2) is 8.35. The Kier molecular flexibility index (Phi) is 6.42. The van der Waals surface area contributed by atoms with Crippen molar-refractivity contribution in [2.75, 3.05) is 39.3 Å². The third-order valence-corrected chi connectivity index (χ3v) is 4.10. The van der Waals surface area contributed by atoms with Crippen LogP contribution in [0.4, 0.5) is 14.9 Å². The zero-order chi connectivity index (χ0) is 19.4. The van der Waals surface area contributed by atoms with E-state index in [1.54, 1.807) is 0 Å². The molecule has 2 rings (SSSR count). The maximum Gasteiger partial charge on any atom is 0.344 e.